The average Bonchev–Trinajstić information content (AvgIpc) is 2.72. The summed E-state index contributed by atoms with van der Waals surface area (Å²) in [5.41, 5.74) is 0.211. The van der Waals surface area contributed by atoms with E-state index in [9.17, 15) is 4.79 Å². The summed E-state index contributed by atoms with van der Waals surface area (Å²) >= 11 is 0. The number of rotatable bonds is 4. The molecule has 6 heteroatoms. The lowest BCUT2D eigenvalue weighted by Crippen LogP contribution is -2.41. The highest BCUT2D eigenvalue weighted by Crippen LogP contribution is 2.36. The zero-order valence-corrected chi connectivity index (χ0v) is 14.3. The first-order valence-corrected chi connectivity index (χ1v) is 7.92. The molecule has 24 heavy (non-hydrogen) atoms. The minimum absolute atomic E-state index is 0.350. The van der Waals surface area contributed by atoms with E-state index in [1.807, 2.05) is 58.0 Å². The van der Waals surface area contributed by atoms with Gasteiger partial charge in [-0.2, -0.15) is 0 Å². The van der Waals surface area contributed by atoms with Crippen molar-refractivity contribution in [2.24, 2.45) is 0 Å². The minimum Gasteiger partial charge on any atom is -0.482 e. The molecule has 0 bridgehead atoms. The van der Waals surface area contributed by atoms with Crippen molar-refractivity contribution in [1.82, 2.24) is 0 Å². The van der Waals surface area contributed by atoms with Crippen molar-refractivity contribution < 1.29 is 23.9 Å². The van der Waals surface area contributed by atoms with Gasteiger partial charge in [-0.3, -0.25) is 0 Å². The van der Waals surface area contributed by atoms with Gasteiger partial charge in [-0.15, -0.1) is 0 Å². The van der Waals surface area contributed by atoms with Crippen LogP contribution in [-0.2, 0) is 14.1 Å². The Labute approximate surface area is 141 Å². The van der Waals surface area contributed by atoms with Gasteiger partial charge >= 0.3 is 13.1 Å². The van der Waals surface area contributed by atoms with E-state index in [1.165, 1.54) is 0 Å². The number of aliphatic carboxylic acids is 1. The van der Waals surface area contributed by atoms with E-state index in [1.54, 1.807) is 6.07 Å². The van der Waals surface area contributed by atoms with Crippen LogP contribution < -0.4 is 10.2 Å². The largest absolute Gasteiger partial charge is 0.494 e. The van der Waals surface area contributed by atoms with Crippen LogP contribution in [0.1, 0.15) is 27.7 Å². The summed E-state index contributed by atoms with van der Waals surface area (Å²) in [5, 5.41) is 10.7. The predicted molar refractivity (Wildman–Crippen MR) is 92.8 cm³/mol. The summed E-state index contributed by atoms with van der Waals surface area (Å²) in [6.07, 6.45) is 0. The smallest absolute Gasteiger partial charge is 0.482 e. The van der Waals surface area contributed by atoms with Crippen LogP contribution in [0.15, 0.2) is 36.4 Å². The lowest BCUT2D eigenvalue weighted by Gasteiger charge is -2.32. The Morgan fingerprint density at radius 1 is 1.04 bits per heavy atom. The highest BCUT2D eigenvalue weighted by Gasteiger charge is 2.51. The van der Waals surface area contributed by atoms with Crippen LogP contribution in [0.2, 0.25) is 0 Å². The Morgan fingerprint density at radius 2 is 1.62 bits per heavy atom. The molecule has 2 aromatic rings. The molecule has 1 aliphatic heterocycles. The topological polar surface area (TPSA) is 65.0 Å². The maximum Gasteiger partial charge on any atom is 0.494 e. The Hall–Kier alpha value is -2.05. The monoisotopic (exact) mass is 328 g/mol. The van der Waals surface area contributed by atoms with Gasteiger partial charge in [-0.05, 0) is 56.1 Å². The molecule has 1 aliphatic rings. The van der Waals surface area contributed by atoms with Crippen LogP contribution in [0.4, 0.5) is 0 Å². The SMILES string of the molecule is CC1(C)OB(c2ccc3cc(OCC(=O)O)ccc3c2)OC1(C)C. The Bertz CT molecular complexity index is 768. The molecule has 0 atom stereocenters. The van der Waals surface area contributed by atoms with Crippen molar-refractivity contribution in [3.8, 4) is 5.75 Å². The molecule has 0 amide bonds. The lowest BCUT2D eigenvalue weighted by molar-refractivity contribution is -0.139. The summed E-state index contributed by atoms with van der Waals surface area (Å²) < 4.78 is 17.4. The summed E-state index contributed by atoms with van der Waals surface area (Å²) in [7, 11) is -0.401. The molecule has 0 unspecified atom stereocenters. The average molecular weight is 328 g/mol. The van der Waals surface area contributed by atoms with Crippen molar-refractivity contribution >= 4 is 29.3 Å². The minimum atomic E-state index is -0.994. The van der Waals surface area contributed by atoms with Crippen LogP contribution in [0.5, 0.6) is 5.75 Å². The molecule has 5 nitrogen and oxygen atoms in total. The van der Waals surface area contributed by atoms with Gasteiger partial charge in [0.15, 0.2) is 6.61 Å². The predicted octanol–water partition coefficient (Wildman–Crippen LogP) is 2.60. The fraction of sp³-hybridized carbons (Fsp3) is 0.389. The molecule has 1 N–H and O–H groups in total. The molecular formula is C18H21BO5. The van der Waals surface area contributed by atoms with Crippen molar-refractivity contribution in [3.05, 3.63) is 36.4 Å². The summed E-state index contributed by atoms with van der Waals surface area (Å²) in [4.78, 5) is 10.6. The van der Waals surface area contributed by atoms with Gasteiger partial charge < -0.3 is 19.2 Å². The number of fused-ring (bicyclic) bond motifs is 1. The third kappa shape index (κ3) is 3.12. The van der Waals surface area contributed by atoms with E-state index in [0.29, 0.717) is 5.75 Å². The van der Waals surface area contributed by atoms with Gasteiger partial charge in [0.2, 0.25) is 0 Å². The van der Waals surface area contributed by atoms with E-state index >= 15 is 0 Å². The summed E-state index contributed by atoms with van der Waals surface area (Å²) in [6, 6.07) is 11.4. The van der Waals surface area contributed by atoms with Crippen LogP contribution in [0.25, 0.3) is 10.8 Å². The highest BCUT2D eigenvalue weighted by molar-refractivity contribution is 6.62. The third-order valence-electron chi connectivity index (χ3n) is 4.72. The summed E-state index contributed by atoms with van der Waals surface area (Å²) in [5.74, 6) is -0.459. The molecule has 1 heterocycles. The third-order valence-corrected chi connectivity index (χ3v) is 4.72. The maximum atomic E-state index is 10.6. The highest BCUT2D eigenvalue weighted by atomic mass is 16.7. The molecule has 3 rings (SSSR count). The van der Waals surface area contributed by atoms with Gasteiger partial charge in [-0.1, -0.05) is 24.3 Å². The molecule has 0 radical (unpaired) electrons. The van der Waals surface area contributed by atoms with Crippen molar-refractivity contribution in [1.29, 1.82) is 0 Å². The number of carboxylic acid groups (broad SMARTS) is 1. The zero-order chi connectivity index (χ0) is 17.5. The van der Waals surface area contributed by atoms with Gasteiger partial charge in [0.1, 0.15) is 5.75 Å². The van der Waals surface area contributed by atoms with Crippen LogP contribution in [0.3, 0.4) is 0 Å². The second kappa shape index (κ2) is 5.79. The molecule has 0 aliphatic carbocycles. The Morgan fingerprint density at radius 3 is 2.25 bits per heavy atom. The van der Waals surface area contributed by atoms with Gasteiger partial charge in [-0.25, -0.2) is 4.79 Å². The molecule has 2 aromatic carbocycles. The van der Waals surface area contributed by atoms with Crippen molar-refractivity contribution in [2.75, 3.05) is 6.61 Å². The van der Waals surface area contributed by atoms with E-state index in [2.05, 4.69) is 0 Å². The van der Waals surface area contributed by atoms with Crippen molar-refractivity contribution in [2.45, 2.75) is 38.9 Å². The summed E-state index contributed by atoms with van der Waals surface area (Å²) in [6.45, 7) is 7.76. The fourth-order valence-electron chi connectivity index (χ4n) is 2.60. The number of hydrogen-bond donors (Lipinski definition) is 1. The first kappa shape index (κ1) is 16.8. The molecule has 0 spiro atoms. The van der Waals surface area contributed by atoms with Gasteiger partial charge in [0.25, 0.3) is 0 Å². The second-order valence-corrected chi connectivity index (χ2v) is 7.04. The van der Waals surface area contributed by atoms with Gasteiger partial charge in [0.05, 0.1) is 11.2 Å². The quantitative estimate of drug-likeness (QED) is 0.874. The van der Waals surface area contributed by atoms with Crippen LogP contribution >= 0.6 is 0 Å². The van der Waals surface area contributed by atoms with Crippen molar-refractivity contribution in [3.63, 3.8) is 0 Å². The number of benzene rings is 2. The molecule has 0 aromatic heterocycles. The molecule has 0 saturated carbocycles. The Balaban J connectivity index is 1.85. The fourth-order valence-corrected chi connectivity index (χ4v) is 2.60. The maximum absolute atomic E-state index is 10.6. The molecule has 1 saturated heterocycles. The molecule has 126 valence electrons. The number of ether oxygens (including phenoxy) is 1. The first-order chi connectivity index (χ1) is 11.2. The van der Waals surface area contributed by atoms with E-state index in [-0.39, 0.29) is 17.8 Å². The van der Waals surface area contributed by atoms with E-state index in [0.717, 1.165) is 16.2 Å². The first-order valence-electron chi connectivity index (χ1n) is 7.92. The standard InChI is InChI=1S/C18H21BO5/c1-17(2)18(3,4)24-19(23-17)14-7-5-13-10-15(22-11-16(20)21)8-6-12(13)9-14/h5-10H,11H2,1-4H3,(H,20,21). The van der Waals surface area contributed by atoms with E-state index in [4.69, 9.17) is 19.2 Å². The lowest BCUT2D eigenvalue weighted by atomic mass is 9.78. The van der Waals surface area contributed by atoms with Crippen LogP contribution in [-0.4, -0.2) is 36.0 Å². The normalized spacial score (nSPS) is 18.8. The molecule has 1 fully saturated rings. The Kier molecular flexibility index (Phi) is 4.05. The number of carbonyl (C=O) groups is 1. The van der Waals surface area contributed by atoms with E-state index < -0.39 is 13.1 Å². The number of carboxylic acids is 1. The second-order valence-electron chi connectivity index (χ2n) is 7.04. The molecular weight excluding hydrogens is 307 g/mol. The zero-order valence-electron chi connectivity index (χ0n) is 14.3. The van der Waals surface area contributed by atoms with Crippen LogP contribution in [0, 0.1) is 0 Å². The number of hydrogen-bond acceptors (Lipinski definition) is 4. The van der Waals surface area contributed by atoms with Gasteiger partial charge in [0, 0.05) is 0 Å².